The number of anilines is 3. The molecule has 1 spiro atoms. The van der Waals surface area contributed by atoms with Crippen LogP contribution in [0.25, 0.3) is 0 Å². The maximum Gasteiger partial charge on any atom is 0.269 e. The second kappa shape index (κ2) is 12.5. The van der Waals surface area contributed by atoms with Crippen LogP contribution in [-0.2, 0) is 39.4 Å². The fourth-order valence-corrected chi connectivity index (χ4v) is 10.6. The number of rotatable bonds is 9. The highest BCUT2D eigenvalue weighted by Gasteiger charge is 2.66. The number of aryl methyl sites for hydroxylation is 1. The summed E-state index contributed by atoms with van der Waals surface area (Å²) >= 11 is 3.60. The number of benzene rings is 3. The summed E-state index contributed by atoms with van der Waals surface area (Å²) in [6.45, 7) is 5.99. The molecule has 0 saturated carbocycles. The molecule has 1 N–H and O–H groups in total. The lowest BCUT2D eigenvalue weighted by molar-refractivity contribution is -0.146. The Labute approximate surface area is 287 Å². The summed E-state index contributed by atoms with van der Waals surface area (Å²) in [4.78, 5) is 31.0. The molecular weight excluding hydrogens is 697 g/mol. The average molecular weight is 735 g/mol. The molecule has 250 valence electrons. The van der Waals surface area contributed by atoms with E-state index in [-0.39, 0.29) is 31.6 Å². The quantitative estimate of drug-likeness (QED) is 0.165. The standard InChI is InChI=1S/C35H37BrFN5O5Si/c1-22-33(48(2,3)37)31(14-16-40-20-25(15-17-43)38-39-40)47-35(22)27-18-24(36)10-13-28(27)41(34(35)45)19-23-8-11-26(12-9-23)42-29-6-4-5-7-30(29)46-21-32(42)44/h4-13,18,20,22,31,33,43H,14-17,19,21H2,1-3H3/t22-,31+,33-,35+/m0/s1. The Morgan fingerprint density at radius 2 is 1.85 bits per heavy atom. The third-order valence-corrected chi connectivity index (χ3v) is 12.7. The van der Waals surface area contributed by atoms with E-state index in [1.807, 2.05) is 73.7 Å². The van der Waals surface area contributed by atoms with Gasteiger partial charge in [-0.05, 0) is 67.5 Å². The largest absolute Gasteiger partial charge is 0.482 e. The molecule has 1 saturated heterocycles. The minimum atomic E-state index is -3.33. The zero-order valence-electron chi connectivity index (χ0n) is 27.0. The van der Waals surface area contributed by atoms with Gasteiger partial charge in [0.1, 0.15) is 5.75 Å². The number of aromatic nitrogens is 3. The lowest BCUT2D eigenvalue weighted by Crippen LogP contribution is -2.45. The van der Waals surface area contributed by atoms with Gasteiger partial charge in [0.05, 0.1) is 29.7 Å². The number of halogens is 2. The molecule has 0 aliphatic carbocycles. The van der Waals surface area contributed by atoms with Gasteiger partial charge in [0, 0.05) is 53.0 Å². The van der Waals surface area contributed by atoms with Crippen LogP contribution in [0.1, 0.15) is 30.2 Å². The Hall–Kier alpha value is -3.91. The summed E-state index contributed by atoms with van der Waals surface area (Å²) in [7, 11) is -3.33. The van der Waals surface area contributed by atoms with E-state index in [1.54, 1.807) is 33.8 Å². The van der Waals surface area contributed by atoms with Gasteiger partial charge in [-0.3, -0.25) is 19.2 Å². The van der Waals surface area contributed by atoms with Crippen molar-refractivity contribution >= 4 is 53.2 Å². The first-order valence-corrected chi connectivity index (χ1v) is 19.9. The van der Waals surface area contributed by atoms with E-state index in [0.717, 1.165) is 21.3 Å². The van der Waals surface area contributed by atoms with Crippen molar-refractivity contribution in [1.29, 1.82) is 0 Å². The van der Waals surface area contributed by atoms with Crippen LogP contribution in [0.4, 0.5) is 21.2 Å². The third-order valence-electron chi connectivity index (χ3n) is 9.76. The van der Waals surface area contributed by atoms with Crippen molar-refractivity contribution < 1.29 is 28.3 Å². The Bertz CT molecular complexity index is 1870. The summed E-state index contributed by atoms with van der Waals surface area (Å²) in [6.07, 6.45) is 2.14. The van der Waals surface area contributed by atoms with Gasteiger partial charge in [0.15, 0.2) is 12.2 Å². The molecule has 0 radical (unpaired) electrons. The molecule has 10 nitrogen and oxygen atoms in total. The second-order valence-electron chi connectivity index (χ2n) is 13.2. The summed E-state index contributed by atoms with van der Waals surface area (Å²) in [5.41, 5.74) is 2.62. The number of aliphatic hydroxyl groups excluding tert-OH is 1. The minimum Gasteiger partial charge on any atom is -0.482 e. The predicted octanol–water partition coefficient (Wildman–Crippen LogP) is 6.04. The molecule has 7 rings (SSSR count). The lowest BCUT2D eigenvalue weighted by Gasteiger charge is -2.31. The van der Waals surface area contributed by atoms with Gasteiger partial charge in [0.25, 0.3) is 11.8 Å². The van der Waals surface area contributed by atoms with E-state index < -0.39 is 31.6 Å². The number of amides is 2. The zero-order chi connectivity index (χ0) is 33.8. The molecule has 3 aliphatic heterocycles. The number of hydrogen-bond donors (Lipinski definition) is 1. The van der Waals surface area contributed by atoms with Crippen molar-refractivity contribution in [1.82, 2.24) is 15.0 Å². The Morgan fingerprint density at radius 1 is 1.08 bits per heavy atom. The Balaban J connectivity index is 1.18. The molecule has 3 aromatic carbocycles. The molecule has 4 atom stereocenters. The van der Waals surface area contributed by atoms with Crippen LogP contribution in [0.3, 0.4) is 0 Å². The van der Waals surface area contributed by atoms with Crippen molar-refractivity contribution in [2.24, 2.45) is 5.92 Å². The number of carbonyl (C=O) groups excluding carboxylic acids is 2. The second-order valence-corrected chi connectivity index (χ2v) is 17.9. The molecular formula is C35H37BrFN5O5Si. The van der Waals surface area contributed by atoms with Gasteiger partial charge >= 0.3 is 0 Å². The Morgan fingerprint density at radius 3 is 2.60 bits per heavy atom. The van der Waals surface area contributed by atoms with Crippen LogP contribution >= 0.6 is 15.9 Å². The van der Waals surface area contributed by atoms with Gasteiger partial charge < -0.3 is 23.6 Å². The van der Waals surface area contributed by atoms with E-state index in [1.165, 1.54) is 0 Å². The number of nitrogens with zero attached hydrogens (tertiary/aromatic N) is 5. The van der Waals surface area contributed by atoms with E-state index in [0.29, 0.717) is 42.2 Å². The predicted molar refractivity (Wildman–Crippen MR) is 184 cm³/mol. The summed E-state index contributed by atoms with van der Waals surface area (Å²) in [5.74, 6) is -0.148. The molecule has 0 unspecified atom stereocenters. The van der Waals surface area contributed by atoms with Crippen LogP contribution in [0, 0.1) is 5.92 Å². The zero-order valence-corrected chi connectivity index (χ0v) is 29.6. The van der Waals surface area contributed by atoms with E-state index in [9.17, 15) is 14.7 Å². The number of carbonyl (C=O) groups is 2. The maximum absolute atomic E-state index is 16.2. The van der Waals surface area contributed by atoms with E-state index in [4.69, 9.17) is 9.47 Å². The number of hydrogen-bond acceptors (Lipinski definition) is 7. The number of fused-ring (bicyclic) bond motifs is 3. The summed E-state index contributed by atoms with van der Waals surface area (Å²) in [5, 5.41) is 17.5. The maximum atomic E-state index is 16.2. The minimum absolute atomic E-state index is 0.0199. The first-order chi connectivity index (χ1) is 23.0. The molecule has 1 aromatic heterocycles. The SMILES string of the molecule is C[C@H]1[C@H]([Si](C)(C)F)[C@@H](CCn2cc(CCO)nn2)O[C@]12C(=O)N(Cc1ccc(N3C(=O)COc4ccccc43)cc1)c1ccc(Br)cc12. The highest BCUT2D eigenvalue weighted by molar-refractivity contribution is 9.10. The van der Waals surface area contributed by atoms with Crippen molar-refractivity contribution in [3.05, 3.63) is 94.2 Å². The average Bonchev–Trinajstić information content (AvgIpc) is 3.70. The van der Waals surface area contributed by atoms with Gasteiger partial charge in [-0.15, -0.1) is 5.10 Å². The molecule has 4 aromatic rings. The topological polar surface area (TPSA) is 110 Å². The molecule has 13 heteroatoms. The van der Waals surface area contributed by atoms with E-state index in [2.05, 4.69) is 26.2 Å². The number of para-hydroxylation sites is 2. The molecule has 1 fully saturated rings. The lowest BCUT2D eigenvalue weighted by atomic mass is 9.82. The molecule has 4 heterocycles. The molecule has 0 bridgehead atoms. The van der Waals surface area contributed by atoms with Crippen molar-refractivity contribution in [3.8, 4) is 5.75 Å². The first kappa shape index (κ1) is 32.6. The number of ether oxygens (including phenoxy) is 2. The van der Waals surface area contributed by atoms with Crippen LogP contribution in [0.5, 0.6) is 5.75 Å². The Kier molecular flexibility index (Phi) is 8.51. The summed E-state index contributed by atoms with van der Waals surface area (Å²) < 4.78 is 31.2. The normalized spacial score (nSPS) is 23.5. The monoisotopic (exact) mass is 733 g/mol. The van der Waals surface area contributed by atoms with Crippen LogP contribution < -0.4 is 14.5 Å². The number of aliphatic hydroxyl groups is 1. The summed E-state index contributed by atoms with van der Waals surface area (Å²) in [6, 6.07) is 20.8. The highest BCUT2D eigenvalue weighted by Crippen LogP contribution is 2.60. The molecule has 48 heavy (non-hydrogen) atoms. The molecule has 3 aliphatic rings. The van der Waals surface area contributed by atoms with Crippen LogP contribution in [0.15, 0.2) is 77.4 Å². The smallest absolute Gasteiger partial charge is 0.269 e. The van der Waals surface area contributed by atoms with Gasteiger partial charge in [0.2, 0.25) is 8.41 Å². The fourth-order valence-electron chi connectivity index (χ4n) is 7.70. The fraction of sp³-hybridized carbons (Fsp3) is 0.371. The van der Waals surface area contributed by atoms with Crippen LogP contribution in [0.2, 0.25) is 18.6 Å². The van der Waals surface area contributed by atoms with Crippen LogP contribution in [-0.4, -0.2) is 59.6 Å². The highest BCUT2D eigenvalue weighted by atomic mass is 79.9. The molecule has 2 amide bonds. The third kappa shape index (κ3) is 5.56. The first-order valence-electron chi connectivity index (χ1n) is 16.1. The van der Waals surface area contributed by atoms with Gasteiger partial charge in [-0.2, -0.15) is 0 Å². The van der Waals surface area contributed by atoms with Crippen molar-refractivity contribution in [3.63, 3.8) is 0 Å². The van der Waals surface area contributed by atoms with Gasteiger partial charge in [-0.25, -0.2) is 0 Å². The van der Waals surface area contributed by atoms with Crippen molar-refractivity contribution in [2.45, 2.75) is 63.2 Å². The van der Waals surface area contributed by atoms with Crippen molar-refractivity contribution in [2.75, 3.05) is 23.0 Å². The van der Waals surface area contributed by atoms with E-state index >= 15 is 4.11 Å². The van der Waals surface area contributed by atoms with Gasteiger partial charge in [-0.1, -0.05) is 52.3 Å².